The van der Waals surface area contributed by atoms with Crippen molar-refractivity contribution in [2.45, 2.75) is 33.7 Å². The maximum absolute atomic E-state index is 11.4. The van der Waals surface area contributed by atoms with Crippen LogP contribution in [0.5, 0.6) is 0 Å². The monoisotopic (exact) mass is 269 g/mol. The van der Waals surface area contributed by atoms with Crippen molar-refractivity contribution >= 4 is 12.0 Å². The molecule has 19 heavy (non-hydrogen) atoms. The van der Waals surface area contributed by atoms with Crippen LogP contribution in [0.15, 0.2) is 4.42 Å². The summed E-state index contributed by atoms with van der Waals surface area (Å²) in [4.78, 5) is 26.1. The molecule has 0 aliphatic rings. The summed E-state index contributed by atoms with van der Waals surface area (Å²) in [5, 5.41) is 13.8. The number of hydrogen-bond acceptors (Lipinski definition) is 4. The van der Waals surface area contributed by atoms with Gasteiger partial charge in [-0.05, 0) is 20.3 Å². The first-order valence-electron chi connectivity index (χ1n) is 6.07. The highest BCUT2D eigenvalue weighted by Gasteiger charge is 2.11. The summed E-state index contributed by atoms with van der Waals surface area (Å²) in [6.07, 6.45) is 0.389. The molecule has 0 aromatic carbocycles. The topological polar surface area (TPSA) is 104 Å². The van der Waals surface area contributed by atoms with E-state index in [1.165, 1.54) is 0 Å². The van der Waals surface area contributed by atoms with E-state index < -0.39 is 11.9 Å². The smallest absolute Gasteiger partial charge is 0.315 e. The molecule has 106 valence electrons. The van der Waals surface area contributed by atoms with Gasteiger partial charge < -0.3 is 20.2 Å². The first-order valence-corrected chi connectivity index (χ1v) is 6.07. The Hall–Kier alpha value is -2.05. The zero-order valence-electron chi connectivity index (χ0n) is 11.3. The SMILES string of the molecule is Cc1nc(CNC(=O)NCCC(C)C(=O)O)oc1C. The Kier molecular flexibility index (Phi) is 5.35. The molecule has 0 fully saturated rings. The Bertz CT molecular complexity index is 436. The minimum atomic E-state index is -0.868. The number of oxazole rings is 1. The third kappa shape index (κ3) is 4.99. The average molecular weight is 269 g/mol. The van der Waals surface area contributed by atoms with E-state index in [4.69, 9.17) is 9.52 Å². The number of rotatable bonds is 6. The van der Waals surface area contributed by atoms with E-state index in [9.17, 15) is 9.59 Å². The van der Waals surface area contributed by atoms with Crippen LogP contribution in [0, 0.1) is 19.8 Å². The molecule has 1 rings (SSSR count). The number of aryl methyl sites for hydroxylation is 2. The molecule has 0 bridgehead atoms. The van der Waals surface area contributed by atoms with Gasteiger partial charge >= 0.3 is 12.0 Å². The summed E-state index contributed by atoms with van der Waals surface area (Å²) in [6.45, 7) is 5.74. The number of carbonyl (C=O) groups is 2. The van der Waals surface area contributed by atoms with Crippen molar-refractivity contribution in [2.24, 2.45) is 5.92 Å². The lowest BCUT2D eigenvalue weighted by Crippen LogP contribution is -2.36. The molecule has 2 amide bonds. The summed E-state index contributed by atoms with van der Waals surface area (Å²) in [7, 11) is 0. The predicted molar refractivity (Wildman–Crippen MR) is 67.6 cm³/mol. The molecule has 1 unspecified atom stereocenters. The number of nitrogens with one attached hydrogen (secondary N) is 2. The lowest BCUT2D eigenvalue weighted by molar-refractivity contribution is -0.141. The molecule has 1 atom stereocenters. The molecule has 0 radical (unpaired) electrons. The summed E-state index contributed by atoms with van der Waals surface area (Å²) in [6, 6.07) is -0.369. The Morgan fingerprint density at radius 2 is 2.05 bits per heavy atom. The second-order valence-corrected chi connectivity index (χ2v) is 4.39. The molecule has 0 saturated heterocycles. The number of aliphatic carboxylic acids is 1. The Morgan fingerprint density at radius 3 is 2.58 bits per heavy atom. The third-order valence-electron chi connectivity index (χ3n) is 2.76. The highest BCUT2D eigenvalue weighted by molar-refractivity contribution is 5.74. The van der Waals surface area contributed by atoms with E-state index in [2.05, 4.69) is 15.6 Å². The molecule has 7 heteroatoms. The summed E-state index contributed by atoms with van der Waals surface area (Å²) in [5.74, 6) is -0.165. The maximum Gasteiger partial charge on any atom is 0.315 e. The van der Waals surface area contributed by atoms with Crippen LogP contribution in [0.3, 0.4) is 0 Å². The Labute approximate surface area is 111 Å². The molecule has 0 spiro atoms. The van der Waals surface area contributed by atoms with Crippen LogP contribution in [0.1, 0.15) is 30.7 Å². The Balaban J connectivity index is 2.23. The fourth-order valence-corrected chi connectivity index (χ4v) is 1.36. The normalized spacial score (nSPS) is 11.9. The lowest BCUT2D eigenvalue weighted by Gasteiger charge is -2.08. The number of carbonyl (C=O) groups excluding carboxylic acids is 1. The molecule has 3 N–H and O–H groups in total. The molecule has 0 saturated carbocycles. The van der Waals surface area contributed by atoms with Gasteiger partial charge in [0.05, 0.1) is 18.2 Å². The fourth-order valence-electron chi connectivity index (χ4n) is 1.36. The van der Waals surface area contributed by atoms with Gasteiger partial charge in [0.2, 0.25) is 5.89 Å². The van der Waals surface area contributed by atoms with Crippen LogP contribution in [-0.2, 0) is 11.3 Å². The highest BCUT2D eigenvalue weighted by atomic mass is 16.4. The molecular weight excluding hydrogens is 250 g/mol. The van der Waals surface area contributed by atoms with Crippen LogP contribution in [0.25, 0.3) is 0 Å². The Morgan fingerprint density at radius 1 is 1.37 bits per heavy atom. The highest BCUT2D eigenvalue weighted by Crippen LogP contribution is 2.07. The number of carboxylic acid groups (broad SMARTS) is 1. The standard InChI is InChI=1S/C12H19N3O4/c1-7(11(16)17)4-5-13-12(18)14-6-10-15-8(2)9(3)19-10/h7H,4-6H2,1-3H3,(H,16,17)(H2,13,14,18). The minimum absolute atomic E-state index is 0.203. The second-order valence-electron chi connectivity index (χ2n) is 4.39. The number of carboxylic acids is 1. The van der Waals surface area contributed by atoms with Gasteiger partial charge in [-0.15, -0.1) is 0 Å². The van der Waals surface area contributed by atoms with Gasteiger partial charge in [-0.25, -0.2) is 9.78 Å². The van der Waals surface area contributed by atoms with Gasteiger partial charge in [0.1, 0.15) is 5.76 Å². The van der Waals surface area contributed by atoms with Gasteiger partial charge in [0, 0.05) is 6.54 Å². The van der Waals surface area contributed by atoms with E-state index in [0.29, 0.717) is 18.9 Å². The van der Waals surface area contributed by atoms with E-state index in [0.717, 1.165) is 11.5 Å². The van der Waals surface area contributed by atoms with Crippen molar-refractivity contribution in [1.82, 2.24) is 15.6 Å². The van der Waals surface area contributed by atoms with Crippen LogP contribution < -0.4 is 10.6 Å². The third-order valence-corrected chi connectivity index (χ3v) is 2.76. The van der Waals surface area contributed by atoms with E-state index >= 15 is 0 Å². The zero-order chi connectivity index (χ0) is 14.4. The van der Waals surface area contributed by atoms with Gasteiger partial charge in [0.15, 0.2) is 0 Å². The van der Waals surface area contributed by atoms with Gasteiger partial charge in [-0.3, -0.25) is 4.79 Å². The zero-order valence-corrected chi connectivity index (χ0v) is 11.3. The van der Waals surface area contributed by atoms with Crippen molar-refractivity contribution in [3.05, 3.63) is 17.3 Å². The fraction of sp³-hybridized carbons (Fsp3) is 0.583. The lowest BCUT2D eigenvalue weighted by atomic mass is 10.1. The molecule has 1 heterocycles. The number of hydrogen-bond donors (Lipinski definition) is 3. The quantitative estimate of drug-likeness (QED) is 0.719. The molecule has 0 aliphatic heterocycles. The van der Waals surface area contributed by atoms with Crippen LogP contribution in [-0.4, -0.2) is 28.6 Å². The van der Waals surface area contributed by atoms with Crippen molar-refractivity contribution < 1.29 is 19.1 Å². The van der Waals surface area contributed by atoms with Gasteiger partial charge in [0.25, 0.3) is 0 Å². The number of urea groups is 1. The van der Waals surface area contributed by atoms with Crippen molar-refractivity contribution in [3.8, 4) is 0 Å². The number of amides is 2. The van der Waals surface area contributed by atoms with E-state index in [1.807, 2.05) is 6.92 Å². The summed E-state index contributed by atoms with van der Waals surface area (Å²) in [5.41, 5.74) is 0.799. The second kappa shape index (κ2) is 6.77. The first kappa shape index (κ1) is 15.0. The van der Waals surface area contributed by atoms with Crippen LogP contribution >= 0.6 is 0 Å². The molecule has 1 aromatic heterocycles. The molecular formula is C12H19N3O4. The summed E-state index contributed by atoms with van der Waals surface area (Å²) >= 11 is 0. The largest absolute Gasteiger partial charge is 0.481 e. The van der Waals surface area contributed by atoms with Crippen molar-refractivity contribution in [3.63, 3.8) is 0 Å². The number of aromatic nitrogens is 1. The van der Waals surface area contributed by atoms with Gasteiger partial charge in [-0.2, -0.15) is 0 Å². The van der Waals surface area contributed by atoms with Crippen LogP contribution in [0.2, 0.25) is 0 Å². The first-order chi connectivity index (χ1) is 8.90. The van der Waals surface area contributed by atoms with E-state index in [-0.39, 0.29) is 12.6 Å². The molecule has 7 nitrogen and oxygen atoms in total. The predicted octanol–water partition coefficient (Wildman–Crippen LogP) is 1.20. The maximum atomic E-state index is 11.4. The van der Waals surface area contributed by atoms with E-state index in [1.54, 1.807) is 13.8 Å². The van der Waals surface area contributed by atoms with Crippen molar-refractivity contribution in [1.29, 1.82) is 0 Å². The number of nitrogens with zero attached hydrogens (tertiary/aromatic N) is 1. The van der Waals surface area contributed by atoms with Crippen molar-refractivity contribution in [2.75, 3.05) is 6.54 Å². The average Bonchev–Trinajstić information content (AvgIpc) is 2.66. The van der Waals surface area contributed by atoms with Crippen LogP contribution in [0.4, 0.5) is 4.79 Å². The molecule has 0 aliphatic carbocycles. The van der Waals surface area contributed by atoms with Gasteiger partial charge in [-0.1, -0.05) is 6.92 Å². The summed E-state index contributed by atoms with van der Waals surface area (Å²) < 4.78 is 5.31. The minimum Gasteiger partial charge on any atom is -0.481 e. The molecule has 1 aromatic rings.